The Morgan fingerprint density at radius 2 is 1.81 bits per heavy atom. The summed E-state index contributed by atoms with van der Waals surface area (Å²) in [5, 5.41) is 3.55. The van der Waals surface area contributed by atoms with Gasteiger partial charge in [0.1, 0.15) is 16.7 Å². The molecule has 0 spiro atoms. The van der Waals surface area contributed by atoms with Gasteiger partial charge in [-0.05, 0) is 38.2 Å². The minimum absolute atomic E-state index is 0.304. The average Bonchev–Trinajstić information content (AvgIpc) is 2.90. The molecule has 0 aliphatic carbocycles. The van der Waals surface area contributed by atoms with Crippen LogP contribution in [0.15, 0.2) is 24.3 Å². The topological polar surface area (TPSA) is 40.5 Å². The van der Waals surface area contributed by atoms with Gasteiger partial charge in [0.2, 0.25) is 0 Å². The van der Waals surface area contributed by atoms with Crippen LogP contribution in [0.2, 0.25) is 10.2 Å². The van der Waals surface area contributed by atoms with E-state index in [9.17, 15) is 9.18 Å². The van der Waals surface area contributed by atoms with Crippen molar-refractivity contribution in [2.24, 2.45) is 7.05 Å². The molecule has 1 unspecified atom stereocenters. The van der Waals surface area contributed by atoms with Crippen LogP contribution in [-0.2, 0) is 7.05 Å². The van der Waals surface area contributed by atoms with E-state index < -0.39 is 0 Å². The smallest absolute Gasteiger partial charge is 0.268 e. The SMILES string of the molecule is CC(NC(=O)c1cc(Cl)c(Cl)n1C)c1cc(F)ccc1N1CCN(C)CC1. The third-order valence-corrected chi connectivity index (χ3v) is 5.84. The lowest BCUT2D eigenvalue weighted by molar-refractivity contribution is 0.0931. The fraction of sp³-hybridized carbons (Fsp3) is 0.421. The Kier molecular flexibility index (Phi) is 5.99. The van der Waals surface area contributed by atoms with Gasteiger partial charge in [0.05, 0.1) is 11.1 Å². The van der Waals surface area contributed by atoms with Crippen molar-refractivity contribution in [3.05, 3.63) is 51.5 Å². The summed E-state index contributed by atoms with van der Waals surface area (Å²) >= 11 is 12.0. The number of hydrogen-bond donors (Lipinski definition) is 1. The minimum Gasteiger partial charge on any atom is -0.369 e. The molecule has 1 aromatic carbocycles. The number of aromatic nitrogens is 1. The predicted octanol–water partition coefficient (Wildman–Crippen LogP) is 3.71. The molecule has 1 aliphatic heterocycles. The predicted molar refractivity (Wildman–Crippen MR) is 107 cm³/mol. The van der Waals surface area contributed by atoms with Crippen molar-refractivity contribution in [2.45, 2.75) is 13.0 Å². The summed E-state index contributed by atoms with van der Waals surface area (Å²) in [6.45, 7) is 5.45. The maximum atomic E-state index is 13.9. The van der Waals surface area contributed by atoms with Crippen molar-refractivity contribution in [1.29, 1.82) is 0 Å². The summed E-state index contributed by atoms with van der Waals surface area (Å²) in [6, 6.07) is 5.88. The van der Waals surface area contributed by atoms with Crippen LogP contribution in [0.25, 0.3) is 0 Å². The molecule has 0 bridgehead atoms. The summed E-state index contributed by atoms with van der Waals surface area (Å²) in [5.41, 5.74) is 2.05. The number of nitrogens with zero attached hydrogens (tertiary/aromatic N) is 3. The molecule has 1 saturated heterocycles. The monoisotopic (exact) mass is 412 g/mol. The number of piperazine rings is 1. The van der Waals surface area contributed by atoms with E-state index in [1.165, 1.54) is 22.8 Å². The molecule has 1 N–H and O–H groups in total. The maximum absolute atomic E-state index is 13.9. The largest absolute Gasteiger partial charge is 0.369 e. The fourth-order valence-corrected chi connectivity index (χ4v) is 3.69. The van der Waals surface area contributed by atoms with Gasteiger partial charge < -0.3 is 19.7 Å². The van der Waals surface area contributed by atoms with E-state index in [-0.39, 0.29) is 17.8 Å². The molecule has 146 valence electrons. The summed E-state index contributed by atoms with van der Waals surface area (Å²) in [5.74, 6) is -0.638. The minimum atomic E-state index is -0.379. The van der Waals surface area contributed by atoms with Gasteiger partial charge in [0, 0.05) is 44.5 Å². The quantitative estimate of drug-likeness (QED) is 0.831. The lowest BCUT2D eigenvalue weighted by Gasteiger charge is -2.36. The van der Waals surface area contributed by atoms with Crippen molar-refractivity contribution < 1.29 is 9.18 Å². The van der Waals surface area contributed by atoms with Crippen LogP contribution in [0.3, 0.4) is 0 Å². The van der Waals surface area contributed by atoms with E-state index in [1.54, 1.807) is 13.1 Å². The summed E-state index contributed by atoms with van der Waals surface area (Å²) < 4.78 is 15.5. The van der Waals surface area contributed by atoms with Gasteiger partial charge in [0.15, 0.2) is 0 Å². The summed E-state index contributed by atoms with van der Waals surface area (Å²) in [4.78, 5) is 17.2. The molecule has 0 radical (unpaired) electrons. The van der Waals surface area contributed by atoms with Gasteiger partial charge in [-0.25, -0.2) is 4.39 Å². The molecule has 1 fully saturated rings. The summed E-state index contributed by atoms with van der Waals surface area (Å²) in [6.07, 6.45) is 0. The number of nitrogens with one attached hydrogen (secondary N) is 1. The second kappa shape index (κ2) is 8.09. The number of carbonyl (C=O) groups is 1. The Balaban J connectivity index is 1.83. The molecule has 2 heterocycles. The molecule has 1 amide bonds. The lowest BCUT2D eigenvalue weighted by Crippen LogP contribution is -2.45. The lowest BCUT2D eigenvalue weighted by atomic mass is 10.0. The number of carbonyl (C=O) groups excluding carboxylic acids is 1. The molecule has 2 aromatic rings. The first-order chi connectivity index (χ1) is 12.8. The highest BCUT2D eigenvalue weighted by Gasteiger charge is 2.23. The van der Waals surface area contributed by atoms with Crippen LogP contribution in [0.5, 0.6) is 0 Å². The van der Waals surface area contributed by atoms with Gasteiger partial charge in [-0.15, -0.1) is 0 Å². The number of halogens is 3. The Labute approximate surface area is 168 Å². The number of amides is 1. The van der Waals surface area contributed by atoms with Crippen LogP contribution in [0.4, 0.5) is 10.1 Å². The van der Waals surface area contributed by atoms with Crippen LogP contribution < -0.4 is 10.2 Å². The highest BCUT2D eigenvalue weighted by atomic mass is 35.5. The molecule has 3 rings (SSSR count). The number of anilines is 1. The molecule has 1 atom stereocenters. The van der Waals surface area contributed by atoms with Gasteiger partial charge in [-0.2, -0.15) is 0 Å². The molecule has 5 nitrogen and oxygen atoms in total. The van der Waals surface area contributed by atoms with Crippen molar-refractivity contribution in [1.82, 2.24) is 14.8 Å². The average molecular weight is 413 g/mol. The van der Waals surface area contributed by atoms with Crippen molar-refractivity contribution in [3.63, 3.8) is 0 Å². The first-order valence-corrected chi connectivity index (χ1v) is 9.58. The molecule has 1 aliphatic rings. The van der Waals surface area contributed by atoms with Crippen molar-refractivity contribution >= 4 is 34.8 Å². The van der Waals surface area contributed by atoms with Gasteiger partial charge >= 0.3 is 0 Å². The van der Waals surface area contributed by atoms with E-state index in [0.717, 1.165) is 37.4 Å². The Morgan fingerprint density at radius 3 is 2.41 bits per heavy atom. The van der Waals surface area contributed by atoms with Crippen LogP contribution >= 0.6 is 23.2 Å². The maximum Gasteiger partial charge on any atom is 0.268 e. The third kappa shape index (κ3) is 4.23. The normalized spacial score (nSPS) is 16.4. The van der Waals surface area contributed by atoms with E-state index in [2.05, 4.69) is 22.2 Å². The van der Waals surface area contributed by atoms with Crippen LogP contribution in [-0.4, -0.2) is 48.6 Å². The van der Waals surface area contributed by atoms with Gasteiger partial charge in [0.25, 0.3) is 5.91 Å². The van der Waals surface area contributed by atoms with E-state index in [0.29, 0.717) is 15.9 Å². The molecule has 27 heavy (non-hydrogen) atoms. The zero-order chi connectivity index (χ0) is 19.7. The fourth-order valence-electron chi connectivity index (χ4n) is 3.32. The number of hydrogen-bond acceptors (Lipinski definition) is 3. The van der Waals surface area contributed by atoms with E-state index in [1.807, 2.05) is 6.92 Å². The Morgan fingerprint density at radius 1 is 1.15 bits per heavy atom. The zero-order valence-corrected chi connectivity index (χ0v) is 17.1. The van der Waals surface area contributed by atoms with Crippen molar-refractivity contribution in [2.75, 3.05) is 38.1 Å². The van der Waals surface area contributed by atoms with E-state index in [4.69, 9.17) is 23.2 Å². The van der Waals surface area contributed by atoms with E-state index >= 15 is 0 Å². The van der Waals surface area contributed by atoms with Crippen LogP contribution in [0.1, 0.15) is 29.0 Å². The number of benzene rings is 1. The molecule has 1 aromatic heterocycles. The van der Waals surface area contributed by atoms with Gasteiger partial charge in [-0.1, -0.05) is 23.2 Å². The third-order valence-electron chi connectivity index (χ3n) is 5.00. The Hall–Kier alpha value is -1.76. The first-order valence-electron chi connectivity index (χ1n) is 8.82. The second-order valence-electron chi connectivity index (χ2n) is 6.92. The zero-order valence-electron chi connectivity index (χ0n) is 15.6. The molecular weight excluding hydrogens is 390 g/mol. The van der Waals surface area contributed by atoms with Crippen molar-refractivity contribution in [3.8, 4) is 0 Å². The molecular formula is C19H23Cl2FN4O. The number of likely N-dealkylation sites (N-methyl/N-ethyl adjacent to an activating group) is 1. The molecule has 8 heteroatoms. The first kappa shape index (κ1) is 20.0. The standard InChI is InChI=1S/C19H23Cl2FN4O/c1-12(23-19(27)17-11-15(20)18(21)25(17)3)14-10-13(22)4-5-16(14)26-8-6-24(2)7-9-26/h4-5,10-12H,6-9H2,1-3H3,(H,23,27). The highest BCUT2D eigenvalue weighted by molar-refractivity contribution is 6.41. The summed E-state index contributed by atoms with van der Waals surface area (Å²) in [7, 11) is 3.76. The number of rotatable bonds is 4. The Bertz CT molecular complexity index is 846. The second-order valence-corrected chi connectivity index (χ2v) is 7.68. The molecule has 0 saturated carbocycles. The highest BCUT2D eigenvalue weighted by Crippen LogP contribution is 2.29. The van der Waals surface area contributed by atoms with Gasteiger partial charge in [-0.3, -0.25) is 4.79 Å². The van der Waals surface area contributed by atoms with Crippen LogP contribution in [0, 0.1) is 5.82 Å².